The number of hydrogen-bond acceptors (Lipinski definition) is 3. The molecule has 1 saturated carbocycles. The summed E-state index contributed by atoms with van der Waals surface area (Å²) < 4.78 is 5.45. The molecular formula is C15H29NO2. The predicted octanol–water partition coefficient (Wildman–Crippen LogP) is 2.14. The molecule has 4 unspecified atom stereocenters. The molecule has 1 aliphatic carbocycles. The van der Waals surface area contributed by atoms with Crippen LogP contribution in [-0.2, 0) is 4.74 Å². The summed E-state index contributed by atoms with van der Waals surface area (Å²) in [6, 6.07) is 0.566. The van der Waals surface area contributed by atoms with E-state index in [1.807, 2.05) is 0 Å². The maximum atomic E-state index is 10.2. The first-order valence-corrected chi connectivity index (χ1v) is 7.54. The molecule has 0 bridgehead atoms. The summed E-state index contributed by atoms with van der Waals surface area (Å²) in [5.74, 6) is 2.00. The number of ether oxygens (including phenoxy) is 1. The van der Waals surface area contributed by atoms with Crippen molar-refractivity contribution in [1.29, 1.82) is 0 Å². The van der Waals surface area contributed by atoms with E-state index in [-0.39, 0.29) is 6.10 Å². The Hall–Kier alpha value is -0.120. The van der Waals surface area contributed by atoms with Crippen LogP contribution in [0.5, 0.6) is 0 Å². The fourth-order valence-electron chi connectivity index (χ4n) is 3.47. The van der Waals surface area contributed by atoms with Gasteiger partial charge in [0.15, 0.2) is 0 Å². The van der Waals surface area contributed by atoms with E-state index in [1.54, 1.807) is 0 Å². The van der Waals surface area contributed by atoms with E-state index in [0.717, 1.165) is 44.4 Å². The van der Waals surface area contributed by atoms with Crippen molar-refractivity contribution in [2.45, 2.75) is 51.7 Å². The van der Waals surface area contributed by atoms with Gasteiger partial charge in [-0.05, 0) is 50.5 Å². The molecular weight excluding hydrogens is 226 g/mol. The lowest BCUT2D eigenvalue weighted by Gasteiger charge is -2.38. The first-order valence-electron chi connectivity index (χ1n) is 7.54. The molecule has 0 aromatic carbocycles. The quantitative estimate of drug-likeness (QED) is 0.835. The molecule has 1 N–H and O–H groups in total. The van der Waals surface area contributed by atoms with Crippen LogP contribution in [-0.4, -0.2) is 49.0 Å². The van der Waals surface area contributed by atoms with Gasteiger partial charge in [-0.25, -0.2) is 0 Å². The summed E-state index contributed by atoms with van der Waals surface area (Å²) in [6.07, 6.45) is 4.43. The lowest BCUT2D eigenvalue weighted by atomic mass is 9.74. The molecule has 1 heterocycles. The van der Waals surface area contributed by atoms with E-state index in [9.17, 15) is 5.11 Å². The molecule has 1 saturated heterocycles. The largest absolute Gasteiger partial charge is 0.393 e. The van der Waals surface area contributed by atoms with Gasteiger partial charge in [-0.3, -0.25) is 0 Å². The summed E-state index contributed by atoms with van der Waals surface area (Å²) >= 11 is 0. The van der Waals surface area contributed by atoms with Gasteiger partial charge in [0, 0.05) is 19.2 Å². The molecule has 3 heteroatoms. The number of aliphatic hydroxyl groups is 1. The highest BCUT2D eigenvalue weighted by atomic mass is 16.5. The summed E-state index contributed by atoms with van der Waals surface area (Å²) in [6.45, 7) is 7.42. The topological polar surface area (TPSA) is 32.7 Å². The molecule has 0 aromatic heterocycles. The Labute approximate surface area is 112 Å². The van der Waals surface area contributed by atoms with Gasteiger partial charge in [-0.1, -0.05) is 13.8 Å². The van der Waals surface area contributed by atoms with Crippen molar-refractivity contribution in [1.82, 2.24) is 4.90 Å². The molecule has 3 nitrogen and oxygen atoms in total. The number of rotatable bonds is 4. The third-order valence-corrected chi connectivity index (χ3v) is 4.98. The highest BCUT2D eigenvalue weighted by Crippen LogP contribution is 2.34. The first kappa shape index (κ1) is 14.3. The van der Waals surface area contributed by atoms with Crippen LogP contribution in [0, 0.1) is 17.8 Å². The van der Waals surface area contributed by atoms with E-state index in [1.165, 1.54) is 12.8 Å². The molecule has 106 valence electrons. The standard InChI is InChI=1S/C15H29NO2/c1-11(2)12-4-5-15(17)13(8-12)9-16(3)14-6-7-18-10-14/h11-15,17H,4-10H2,1-3H3. The summed E-state index contributed by atoms with van der Waals surface area (Å²) in [4.78, 5) is 2.41. The van der Waals surface area contributed by atoms with Gasteiger partial charge >= 0.3 is 0 Å². The second-order valence-corrected chi connectivity index (χ2v) is 6.60. The molecule has 0 amide bonds. The van der Waals surface area contributed by atoms with Gasteiger partial charge in [0.25, 0.3) is 0 Å². The van der Waals surface area contributed by atoms with Crippen molar-refractivity contribution in [3.63, 3.8) is 0 Å². The Balaban J connectivity index is 1.85. The van der Waals surface area contributed by atoms with Crippen LogP contribution in [0.15, 0.2) is 0 Å². The zero-order chi connectivity index (χ0) is 13.1. The average molecular weight is 255 g/mol. The molecule has 2 fully saturated rings. The highest BCUT2D eigenvalue weighted by Gasteiger charge is 2.32. The second-order valence-electron chi connectivity index (χ2n) is 6.60. The van der Waals surface area contributed by atoms with Crippen LogP contribution in [0.2, 0.25) is 0 Å². The van der Waals surface area contributed by atoms with Crippen molar-refractivity contribution in [2.24, 2.45) is 17.8 Å². The number of hydrogen-bond donors (Lipinski definition) is 1. The van der Waals surface area contributed by atoms with Crippen LogP contribution < -0.4 is 0 Å². The van der Waals surface area contributed by atoms with Crippen molar-refractivity contribution < 1.29 is 9.84 Å². The van der Waals surface area contributed by atoms with Gasteiger partial charge in [-0.2, -0.15) is 0 Å². The molecule has 0 aromatic rings. The van der Waals surface area contributed by atoms with Gasteiger partial charge in [0.1, 0.15) is 0 Å². The van der Waals surface area contributed by atoms with Crippen LogP contribution in [0.25, 0.3) is 0 Å². The monoisotopic (exact) mass is 255 g/mol. The first-order chi connectivity index (χ1) is 8.58. The molecule has 18 heavy (non-hydrogen) atoms. The fraction of sp³-hybridized carbons (Fsp3) is 1.00. The summed E-state index contributed by atoms with van der Waals surface area (Å²) in [5, 5.41) is 10.2. The smallest absolute Gasteiger partial charge is 0.0622 e. The minimum absolute atomic E-state index is 0.0928. The zero-order valence-electron chi connectivity index (χ0n) is 12.1. The third kappa shape index (κ3) is 3.46. The maximum Gasteiger partial charge on any atom is 0.0622 e. The van der Waals surface area contributed by atoms with E-state index < -0.39 is 0 Å². The SMILES string of the molecule is CC(C)C1CCC(O)C(CN(C)C2CCOC2)C1. The molecule has 2 aliphatic rings. The van der Waals surface area contributed by atoms with Crippen molar-refractivity contribution >= 4 is 0 Å². The maximum absolute atomic E-state index is 10.2. The number of aliphatic hydroxyl groups excluding tert-OH is 1. The summed E-state index contributed by atoms with van der Waals surface area (Å²) in [7, 11) is 2.19. The fourth-order valence-corrected chi connectivity index (χ4v) is 3.47. The van der Waals surface area contributed by atoms with E-state index in [0.29, 0.717) is 12.0 Å². The van der Waals surface area contributed by atoms with E-state index in [4.69, 9.17) is 4.74 Å². The lowest BCUT2D eigenvalue weighted by molar-refractivity contribution is 0.0152. The molecule has 0 radical (unpaired) electrons. The van der Waals surface area contributed by atoms with Gasteiger partial charge in [-0.15, -0.1) is 0 Å². The van der Waals surface area contributed by atoms with E-state index in [2.05, 4.69) is 25.8 Å². The van der Waals surface area contributed by atoms with Crippen LogP contribution in [0.4, 0.5) is 0 Å². The molecule has 2 rings (SSSR count). The zero-order valence-corrected chi connectivity index (χ0v) is 12.1. The lowest BCUT2D eigenvalue weighted by Crippen LogP contribution is -2.42. The van der Waals surface area contributed by atoms with E-state index >= 15 is 0 Å². The molecule has 1 aliphatic heterocycles. The minimum atomic E-state index is -0.0928. The average Bonchev–Trinajstić information content (AvgIpc) is 2.85. The van der Waals surface area contributed by atoms with Gasteiger partial charge in [0.05, 0.1) is 12.7 Å². The van der Waals surface area contributed by atoms with Crippen molar-refractivity contribution in [3.05, 3.63) is 0 Å². The van der Waals surface area contributed by atoms with Crippen LogP contribution in [0.3, 0.4) is 0 Å². The van der Waals surface area contributed by atoms with Crippen molar-refractivity contribution in [2.75, 3.05) is 26.8 Å². The van der Waals surface area contributed by atoms with Crippen molar-refractivity contribution in [3.8, 4) is 0 Å². The predicted molar refractivity (Wildman–Crippen MR) is 73.5 cm³/mol. The number of likely N-dealkylation sites (N-methyl/N-ethyl adjacent to an activating group) is 1. The van der Waals surface area contributed by atoms with Gasteiger partial charge in [0.2, 0.25) is 0 Å². The normalized spacial score (nSPS) is 37.7. The third-order valence-electron chi connectivity index (χ3n) is 4.98. The second kappa shape index (κ2) is 6.36. The minimum Gasteiger partial charge on any atom is -0.393 e. The Bertz CT molecular complexity index is 251. The Kier molecular flexibility index (Phi) is 5.05. The Morgan fingerprint density at radius 1 is 1.28 bits per heavy atom. The summed E-state index contributed by atoms with van der Waals surface area (Å²) in [5.41, 5.74) is 0. The van der Waals surface area contributed by atoms with Crippen LogP contribution in [0.1, 0.15) is 39.5 Å². The van der Waals surface area contributed by atoms with Crippen LogP contribution >= 0.6 is 0 Å². The molecule has 4 atom stereocenters. The Morgan fingerprint density at radius 2 is 2.06 bits per heavy atom. The Morgan fingerprint density at radius 3 is 2.67 bits per heavy atom. The highest BCUT2D eigenvalue weighted by molar-refractivity contribution is 4.84. The van der Waals surface area contributed by atoms with Gasteiger partial charge < -0.3 is 14.7 Å². The number of nitrogens with zero attached hydrogens (tertiary/aromatic N) is 1. The molecule has 0 spiro atoms.